The Balaban J connectivity index is 1.43. The average molecular weight is 417 g/mol. The molecule has 1 saturated heterocycles. The maximum atomic E-state index is 13.3. The second kappa shape index (κ2) is 9.27. The fourth-order valence-electron chi connectivity index (χ4n) is 6.42. The standard InChI is InChI=1S/C24H40N4O2/c1-27-22(30)24(26-23(27)25,14-13-18-8-3-2-4-9-18)16-19-10-7-15-28(17-19)21(29)20-11-5-6-12-20/h18-20H,2-17H2,1H3,(H2,25,26)/t19-,24+/m1/s1. The molecule has 3 fully saturated rings. The topological polar surface area (TPSA) is 79.0 Å². The van der Waals surface area contributed by atoms with Crippen LogP contribution in [-0.4, -0.2) is 53.2 Å². The highest BCUT2D eigenvalue weighted by Gasteiger charge is 2.48. The van der Waals surface area contributed by atoms with Crippen LogP contribution < -0.4 is 5.73 Å². The molecule has 0 bridgehead atoms. The van der Waals surface area contributed by atoms with Gasteiger partial charge < -0.3 is 10.6 Å². The van der Waals surface area contributed by atoms with E-state index in [4.69, 9.17) is 10.7 Å². The van der Waals surface area contributed by atoms with Crippen LogP contribution in [0.2, 0.25) is 0 Å². The highest BCUT2D eigenvalue weighted by atomic mass is 16.2. The van der Waals surface area contributed by atoms with Crippen LogP contribution in [0.15, 0.2) is 4.99 Å². The van der Waals surface area contributed by atoms with Crippen LogP contribution in [0.5, 0.6) is 0 Å². The zero-order chi connectivity index (χ0) is 21.1. The van der Waals surface area contributed by atoms with Crippen molar-refractivity contribution in [2.24, 2.45) is 28.5 Å². The lowest BCUT2D eigenvalue weighted by Crippen LogP contribution is -2.47. The Hall–Kier alpha value is -1.59. The van der Waals surface area contributed by atoms with E-state index in [0.717, 1.165) is 64.0 Å². The molecule has 0 unspecified atom stereocenters. The van der Waals surface area contributed by atoms with Gasteiger partial charge in [0.15, 0.2) is 5.96 Å². The van der Waals surface area contributed by atoms with Crippen LogP contribution in [0.1, 0.15) is 89.9 Å². The summed E-state index contributed by atoms with van der Waals surface area (Å²) in [6, 6.07) is 0. The molecule has 2 heterocycles. The number of piperidine rings is 1. The van der Waals surface area contributed by atoms with E-state index in [1.165, 1.54) is 44.9 Å². The first-order valence-electron chi connectivity index (χ1n) is 12.4. The molecule has 0 aromatic heterocycles. The SMILES string of the molecule is CN1C(=O)[C@](CCC2CCCCC2)(C[C@H]2CCCN(C(=O)C3CCCC3)C2)N=C1N. The van der Waals surface area contributed by atoms with Crippen molar-refractivity contribution in [3.05, 3.63) is 0 Å². The van der Waals surface area contributed by atoms with Gasteiger partial charge in [-0.2, -0.15) is 0 Å². The zero-order valence-electron chi connectivity index (χ0n) is 18.8. The number of nitrogens with zero attached hydrogens (tertiary/aromatic N) is 3. The minimum atomic E-state index is -0.708. The van der Waals surface area contributed by atoms with Gasteiger partial charge in [0.25, 0.3) is 5.91 Å². The number of hydrogen-bond donors (Lipinski definition) is 1. The van der Waals surface area contributed by atoms with Gasteiger partial charge in [0, 0.05) is 26.1 Å². The molecule has 2 saturated carbocycles. The van der Waals surface area contributed by atoms with E-state index in [-0.39, 0.29) is 11.8 Å². The van der Waals surface area contributed by atoms with Gasteiger partial charge in [-0.05, 0) is 56.8 Å². The smallest absolute Gasteiger partial charge is 0.257 e. The van der Waals surface area contributed by atoms with Crippen molar-refractivity contribution in [3.63, 3.8) is 0 Å². The molecule has 168 valence electrons. The summed E-state index contributed by atoms with van der Waals surface area (Å²) in [5, 5.41) is 0. The van der Waals surface area contributed by atoms with Crippen molar-refractivity contribution in [2.45, 2.75) is 95.4 Å². The van der Waals surface area contributed by atoms with Crippen LogP contribution in [0.4, 0.5) is 0 Å². The number of carbonyl (C=O) groups excluding carboxylic acids is 2. The minimum absolute atomic E-state index is 0.0649. The lowest BCUT2D eigenvalue weighted by Gasteiger charge is -2.38. The zero-order valence-corrected chi connectivity index (χ0v) is 18.8. The fraction of sp³-hybridized carbons (Fsp3) is 0.875. The van der Waals surface area contributed by atoms with E-state index in [1.54, 1.807) is 11.9 Å². The van der Waals surface area contributed by atoms with E-state index < -0.39 is 5.54 Å². The normalized spacial score (nSPS) is 31.4. The Morgan fingerprint density at radius 3 is 2.37 bits per heavy atom. The molecule has 0 radical (unpaired) electrons. The lowest BCUT2D eigenvalue weighted by molar-refractivity contribution is -0.137. The molecule has 2 amide bonds. The van der Waals surface area contributed by atoms with Crippen molar-refractivity contribution >= 4 is 17.8 Å². The Kier molecular flexibility index (Phi) is 6.69. The Morgan fingerprint density at radius 1 is 1.03 bits per heavy atom. The molecule has 0 aromatic rings. The second-order valence-electron chi connectivity index (χ2n) is 10.4. The summed E-state index contributed by atoms with van der Waals surface area (Å²) >= 11 is 0. The molecule has 30 heavy (non-hydrogen) atoms. The first kappa shape index (κ1) is 21.6. The van der Waals surface area contributed by atoms with Crippen molar-refractivity contribution in [1.29, 1.82) is 0 Å². The van der Waals surface area contributed by atoms with Gasteiger partial charge in [-0.15, -0.1) is 0 Å². The van der Waals surface area contributed by atoms with Crippen molar-refractivity contribution in [3.8, 4) is 0 Å². The number of likely N-dealkylation sites (N-methyl/N-ethyl adjacent to an activating group) is 1. The number of amides is 2. The Labute approximate surface area is 181 Å². The molecule has 2 aliphatic heterocycles. The first-order chi connectivity index (χ1) is 14.5. The van der Waals surface area contributed by atoms with Crippen LogP contribution in [0.25, 0.3) is 0 Å². The maximum Gasteiger partial charge on any atom is 0.257 e. The van der Waals surface area contributed by atoms with E-state index in [1.807, 2.05) is 0 Å². The highest BCUT2D eigenvalue weighted by Crippen LogP contribution is 2.39. The van der Waals surface area contributed by atoms with E-state index in [0.29, 0.717) is 17.8 Å². The summed E-state index contributed by atoms with van der Waals surface area (Å²) in [4.78, 5) is 34.6. The van der Waals surface area contributed by atoms with E-state index >= 15 is 0 Å². The van der Waals surface area contributed by atoms with Gasteiger partial charge in [0.1, 0.15) is 5.54 Å². The monoisotopic (exact) mass is 416 g/mol. The molecule has 2 atom stereocenters. The number of likely N-dealkylation sites (tertiary alicyclic amines) is 1. The van der Waals surface area contributed by atoms with Crippen molar-refractivity contribution in [1.82, 2.24) is 9.80 Å². The number of aliphatic imine (C=N–C) groups is 1. The van der Waals surface area contributed by atoms with Crippen LogP contribution >= 0.6 is 0 Å². The van der Waals surface area contributed by atoms with Crippen LogP contribution in [0, 0.1) is 17.8 Å². The largest absolute Gasteiger partial charge is 0.369 e. The predicted octanol–water partition coefficient (Wildman–Crippen LogP) is 3.69. The summed E-state index contributed by atoms with van der Waals surface area (Å²) < 4.78 is 0. The molecule has 6 nitrogen and oxygen atoms in total. The maximum absolute atomic E-state index is 13.3. The van der Waals surface area contributed by atoms with E-state index in [9.17, 15) is 9.59 Å². The van der Waals surface area contributed by atoms with Gasteiger partial charge in [0.2, 0.25) is 5.91 Å². The third-order valence-corrected chi connectivity index (χ3v) is 8.23. The van der Waals surface area contributed by atoms with Gasteiger partial charge >= 0.3 is 0 Å². The quantitative estimate of drug-likeness (QED) is 0.717. The molecule has 2 N–H and O–H groups in total. The minimum Gasteiger partial charge on any atom is -0.369 e. The number of nitrogens with two attached hydrogens (primary N) is 1. The molecular formula is C24H40N4O2. The fourth-order valence-corrected chi connectivity index (χ4v) is 6.42. The Morgan fingerprint density at radius 2 is 1.70 bits per heavy atom. The summed E-state index contributed by atoms with van der Waals surface area (Å²) in [6.45, 7) is 1.66. The predicted molar refractivity (Wildman–Crippen MR) is 119 cm³/mol. The first-order valence-corrected chi connectivity index (χ1v) is 12.4. The highest BCUT2D eigenvalue weighted by molar-refractivity contribution is 6.06. The van der Waals surface area contributed by atoms with Crippen LogP contribution in [-0.2, 0) is 9.59 Å². The van der Waals surface area contributed by atoms with E-state index in [2.05, 4.69) is 4.90 Å². The van der Waals surface area contributed by atoms with Gasteiger partial charge in [-0.1, -0.05) is 44.9 Å². The molecular weight excluding hydrogens is 376 g/mol. The molecule has 4 rings (SSSR count). The third kappa shape index (κ3) is 4.52. The summed E-state index contributed by atoms with van der Waals surface area (Å²) in [7, 11) is 1.75. The number of rotatable bonds is 6. The van der Waals surface area contributed by atoms with Gasteiger partial charge in [-0.25, -0.2) is 4.99 Å². The summed E-state index contributed by atoms with van der Waals surface area (Å²) in [5.74, 6) is 2.07. The summed E-state index contributed by atoms with van der Waals surface area (Å²) in [5.41, 5.74) is 5.40. The molecule has 4 aliphatic rings. The molecule has 0 spiro atoms. The third-order valence-electron chi connectivity index (χ3n) is 8.23. The number of carbonyl (C=O) groups is 2. The molecule has 6 heteroatoms. The second-order valence-corrected chi connectivity index (χ2v) is 10.4. The number of hydrogen-bond acceptors (Lipinski definition) is 4. The lowest BCUT2D eigenvalue weighted by atomic mass is 9.77. The van der Waals surface area contributed by atoms with Crippen LogP contribution in [0.3, 0.4) is 0 Å². The van der Waals surface area contributed by atoms with Crippen molar-refractivity contribution in [2.75, 3.05) is 20.1 Å². The van der Waals surface area contributed by atoms with Gasteiger partial charge in [-0.3, -0.25) is 14.5 Å². The summed E-state index contributed by atoms with van der Waals surface area (Å²) in [6.07, 6.45) is 15.7. The Bertz CT molecular complexity index is 666. The number of guanidine groups is 1. The molecule has 2 aliphatic carbocycles. The molecule has 0 aromatic carbocycles. The average Bonchev–Trinajstić information content (AvgIpc) is 3.37. The van der Waals surface area contributed by atoms with Gasteiger partial charge in [0.05, 0.1) is 0 Å². The van der Waals surface area contributed by atoms with Crippen molar-refractivity contribution < 1.29 is 9.59 Å².